The summed E-state index contributed by atoms with van der Waals surface area (Å²) in [5.41, 5.74) is 6.07. The van der Waals surface area contributed by atoms with Gasteiger partial charge in [0.2, 0.25) is 5.91 Å². The minimum absolute atomic E-state index is 0.142. The zero-order valence-electron chi connectivity index (χ0n) is 16.7. The molecule has 0 fully saturated rings. The number of aromatic nitrogens is 2. The molecule has 0 bridgehead atoms. The first-order valence-corrected chi connectivity index (χ1v) is 9.49. The second-order valence-corrected chi connectivity index (χ2v) is 7.26. The lowest BCUT2D eigenvalue weighted by Gasteiger charge is -2.26. The van der Waals surface area contributed by atoms with Crippen molar-refractivity contribution in [1.29, 1.82) is 0 Å². The number of nitrogens with one attached hydrogen (secondary N) is 1. The van der Waals surface area contributed by atoms with E-state index in [0.717, 1.165) is 34.4 Å². The van der Waals surface area contributed by atoms with Gasteiger partial charge in [-0.05, 0) is 55.2 Å². The summed E-state index contributed by atoms with van der Waals surface area (Å²) in [5.74, 6) is 0.431. The Labute approximate surface area is 168 Å². The van der Waals surface area contributed by atoms with E-state index in [0.29, 0.717) is 30.0 Å². The molecule has 0 atom stereocenters. The van der Waals surface area contributed by atoms with E-state index in [1.165, 1.54) is 0 Å². The third kappa shape index (κ3) is 3.63. The van der Waals surface area contributed by atoms with Gasteiger partial charge in [0.15, 0.2) is 0 Å². The van der Waals surface area contributed by atoms with E-state index >= 15 is 0 Å². The van der Waals surface area contributed by atoms with Crippen LogP contribution in [-0.4, -0.2) is 29.0 Å². The fraction of sp³-hybridized carbons (Fsp3) is 0.273. The number of pyridine rings is 1. The van der Waals surface area contributed by atoms with Crippen molar-refractivity contribution in [2.45, 2.75) is 33.2 Å². The van der Waals surface area contributed by atoms with Crippen LogP contribution < -0.4 is 10.2 Å². The minimum atomic E-state index is -0.215. The highest BCUT2D eigenvalue weighted by Gasteiger charge is 2.21. The van der Waals surface area contributed by atoms with Crippen molar-refractivity contribution < 1.29 is 14.1 Å². The van der Waals surface area contributed by atoms with Gasteiger partial charge in [-0.3, -0.25) is 14.6 Å². The van der Waals surface area contributed by atoms with Gasteiger partial charge in [-0.25, -0.2) is 0 Å². The zero-order valence-corrected chi connectivity index (χ0v) is 16.7. The largest absolute Gasteiger partial charge is 0.361 e. The number of carbonyl (C=O) groups excluding carboxylic acids is 2. The molecule has 3 aromatic rings. The van der Waals surface area contributed by atoms with E-state index in [1.807, 2.05) is 25.2 Å². The Morgan fingerprint density at radius 2 is 2.00 bits per heavy atom. The second-order valence-electron chi connectivity index (χ2n) is 7.26. The van der Waals surface area contributed by atoms with Gasteiger partial charge in [-0.1, -0.05) is 11.2 Å². The average Bonchev–Trinajstić information content (AvgIpc) is 3.07. The Bertz CT molecular complexity index is 1080. The number of hydrogen-bond donors (Lipinski definition) is 1. The fourth-order valence-electron chi connectivity index (χ4n) is 3.66. The topological polar surface area (TPSA) is 88.3 Å². The number of aryl methyl sites for hydroxylation is 3. The number of anilines is 1. The number of hydrogen-bond acceptors (Lipinski definition) is 5. The van der Waals surface area contributed by atoms with E-state index < -0.39 is 0 Å². The molecule has 148 valence electrons. The zero-order chi connectivity index (χ0) is 20.5. The van der Waals surface area contributed by atoms with Crippen LogP contribution in [0.2, 0.25) is 0 Å². The van der Waals surface area contributed by atoms with Gasteiger partial charge in [-0.2, -0.15) is 0 Å². The van der Waals surface area contributed by atoms with Crippen molar-refractivity contribution in [3.8, 4) is 11.1 Å². The molecule has 29 heavy (non-hydrogen) atoms. The first-order chi connectivity index (χ1) is 13.9. The third-order valence-electron chi connectivity index (χ3n) is 5.26. The Kier molecular flexibility index (Phi) is 4.88. The highest BCUT2D eigenvalue weighted by Crippen LogP contribution is 2.31. The average molecular weight is 390 g/mol. The summed E-state index contributed by atoms with van der Waals surface area (Å²) in [4.78, 5) is 30.4. The molecule has 2 amide bonds. The first kappa shape index (κ1) is 18.9. The first-order valence-electron chi connectivity index (χ1n) is 9.49. The molecule has 0 saturated carbocycles. The molecule has 1 aliphatic rings. The molecule has 3 heterocycles. The lowest BCUT2D eigenvalue weighted by Crippen LogP contribution is -2.30. The van der Waals surface area contributed by atoms with Crippen LogP contribution in [-0.2, 0) is 17.8 Å². The van der Waals surface area contributed by atoms with Gasteiger partial charge >= 0.3 is 0 Å². The highest BCUT2D eigenvalue weighted by atomic mass is 16.5. The van der Waals surface area contributed by atoms with Crippen LogP contribution in [0.4, 0.5) is 5.69 Å². The number of nitrogens with zero attached hydrogens (tertiary/aromatic N) is 3. The molecule has 1 N–H and O–H groups in total. The smallest absolute Gasteiger partial charge is 0.257 e. The van der Waals surface area contributed by atoms with Crippen molar-refractivity contribution in [3.63, 3.8) is 0 Å². The lowest BCUT2D eigenvalue weighted by atomic mass is 9.96. The number of carbonyl (C=O) groups is 2. The molecule has 4 rings (SSSR count). The number of fused-ring (bicyclic) bond motifs is 1. The van der Waals surface area contributed by atoms with E-state index in [1.54, 1.807) is 31.1 Å². The maximum absolute atomic E-state index is 12.4. The van der Waals surface area contributed by atoms with Crippen molar-refractivity contribution in [1.82, 2.24) is 15.5 Å². The van der Waals surface area contributed by atoms with Crippen LogP contribution in [0.25, 0.3) is 11.1 Å². The summed E-state index contributed by atoms with van der Waals surface area (Å²) >= 11 is 0. The third-order valence-corrected chi connectivity index (χ3v) is 5.26. The molecule has 0 radical (unpaired) electrons. The Morgan fingerprint density at radius 3 is 2.76 bits per heavy atom. The maximum Gasteiger partial charge on any atom is 0.257 e. The summed E-state index contributed by atoms with van der Waals surface area (Å²) in [6, 6.07) is 8.10. The second kappa shape index (κ2) is 7.50. The molecule has 0 saturated heterocycles. The Balaban J connectivity index is 1.52. The van der Waals surface area contributed by atoms with Gasteiger partial charge in [0.25, 0.3) is 5.91 Å². The van der Waals surface area contributed by atoms with Crippen molar-refractivity contribution >= 4 is 17.5 Å². The predicted molar refractivity (Wildman–Crippen MR) is 109 cm³/mol. The molecular weight excluding hydrogens is 368 g/mol. The molecular formula is C22H22N4O3. The summed E-state index contributed by atoms with van der Waals surface area (Å²) in [6.45, 7) is 3.82. The summed E-state index contributed by atoms with van der Waals surface area (Å²) < 4.78 is 5.06. The van der Waals surface area contributed by atoms with Gasteiger partial charge < -0.3 is 14.7 Å². The monoisotopic (exact) mass is 390 g/mol. The maximum atomic E-state index is 12.4. The van der Waals surface area contributed by atoms with E-state index in [9.17, 15) is 9.59 Å². The molecule has 1 aromatic carbocycles. The quantitative estimate of drug-likeness (QED) is 0.739. The lowest BCUT2D eigenvalue weighted by molar-refractivity contribution is -0.118. The summed E-state index contributed by atoms with van der Waals surface area (Å²) in [6.07, 6.45) is 4.81. The summed E-state index contributed by atoms with van der Waals surface area (Å²) in [7, 11) is 1.81. The normalized spacial score (nSPS) is 13.3. The molecule has 0 aliphatic carbocycles. The summed E-state index contributed by atoms with van der Waals surface area (Å²) in [5, 5.41) is 6.72. The number of rotatable bonds is 4. The van der Waals surface area contributed by atoms with Crippen LogP contribution >= 0.6 is 0 Å². The SMILES string of the molecule is Cc1noc(C)c1C(=O)NCc1cncc(-c2ccc3c(c2)CCC(=O)N3C)c1. The van der Waals surface area contributed by atoms with Gasteiger partial charge in [0.1, 0.15) is 11.3 Å². The predicted octanol–water partition coefficient (Wildman–Crippen LogP) is 3.19. The van der Waals surface area contributed by atoms with Gasteiger partial charge in [-0.15, -0.1) is 0 Å². The van der Waals surface area contributed by atoms with Crippen LogP contribution in [0, 0.1) is 13.8 Å². The minimum Gasteiger partial charge on any atom is -0.361 e. The number of amides is 2. The molecule has 7 heteroatoms. The molecule has 1 aliphatic heterocycles. The molecule has 0 spiro atoms. The van der Waals surface area contributed by atoms with Gasteiger partial charge in [0, 0.05) is 43.7 Å². The van der Waals surface area contributed by atoms with E-state index in [4.69, 9.17) is 4.52 Å². The van der Waals surface area contributed by atoms with Crippen LogP contribution in [0.3, 0.4) is 0 Å². The Hall–Kier alpha value is -3.48. The van der Waals surface area contributed by atoms with Crippen LogP contribution in [0.1, 0.15) is 39.4 Å². The number of benzene rings is 1. The fourth-order valence-corrected chi connectivity index (χ4v) is 3.66. The van der Waals surface area contributed by atoms with Crippen LogP contribution in [0.15, 0.2) is 41.2 Å². The van der Waals surface area contributed by atoms with Crippen LogP contribution in [0.5, 0.6) is 0 Å². The van der Waals surface area contributed by atoms with Crippen molar-refractivity contribution in [2.75, 3.05) is 11.9 Å². The molecule has 2 aromatic heterocycles. The van der Waals surface area contributed by atoms with E-state index in [-0.39, 0.29) is 11.8 Å². The highest BCUT2D eigenvalue weighted by molar-refractivity contribution is 5.96. The van der Waals surface area contributed by atoms with Crippen molar-refractivity contribution in [3.05, 3.63) is 64.8 Å². The Morgan fingerprint density at radius 1 is 1.17 bits per heavy atom. The molecule has 0 unspecified atom stereocenters. The van der Waals surface area contributed by atoms with Gasteiger partial charge in [0.05, 0.1) is 5.69 Å². The van der Waals surface area contributed by atoms with Crippen molar-refractivity contribution in [2.24, 2.45) is 0 Å². The molecule has 7 nitrogen and oxygen atoms in total. The standard InChI is InChI=1S/C22H22N4O3/c1-13-21(14(2)29-25-13)22(28)24-11-15-8-18(12-23-10-15)16-4-6-19-17(9-16)5-7-20(27)26(19)3/h4,6,8-10,12H,5,7,11H2,1-3H3,(H,24,28). The van der Waals surface area contributed by atoms with E-state index in [2.05, 4.69) is 21.5 Å².